The van der Waals surface area contributed by atoms with E-state index >= 15 is 0 Å². The lowest BCUT2D eigenvalue weighted by Gasteiger charge is -1.87. The molecule has 1 amide bonds. The number of hydrogen-bond donors (Lipinski definition) is 2. The van der Waals surface area contributed by atoms with Crippen molar-refractivity contribution in [2.45, 2.75) is 0 Å². The van der Waals surface area contributed by atoms with Crippen LogP contribution in [-0.2, 0) is 0 Å². The SMILES string of the molecule is O=C(NI)c1coc(NI)n1. The molecule has 1 rings (SSSR count). The van der Waals surface area contributed by atoms with Crippen molar-refractivity contribution in [3.63, 3.8) is 0 Å². The average molecular weight is 379 g/mol. The summed E-state index contributed by atoms with van der Waals surface area (Å²) in [5, 5.41) is 0. The largest absolute Gasteiger partial charge is 0.431 e. The smallest absolute Gasteiger partial charge is 0.304 e. The lowest BCUT2D eigenvalue weighted by molar-refractivity contribution is 0.0985. The highest BCUT2D eigenvalue weighted by atomic mass is 127. The van der Waals surface area contributed by atoms with Gasteiger partial charge in [-0.05, 0) is 0 Å². The van der Waals surface area contributed by atoms with Crippen molar-refractivity contribution in [1.82, 2.24) is 8.51 Å². The number of amides is 1. The summed E-state index contributed by atoms with van der Waals surface area (Å²) in [7, 11) is 0. The Kier molecular flexibility index (Phi) is 3.36. The Morgan fingerprint density at radius 1 is 1.64 bits per heavy atom. The Morgan fingerprint density at radius 3 is 2.82 bits per heavy atom. The third-order valence-electron chi connectivity index (χ3n) is 0.903. The topological polar surface area (TPSA) is 67.2 Å². The predicted octanol–water partition coefficient (Wildman–Crippen LogP) is 1.52. The van der Waals surface area contributed by atoms with Crippen LogP contribution < -0.4 is 7.06 Å². The molecule has 0 saturated carbocycles. The molecular formula is C4H3I2N3O2. The van der Waals surface area contributed by atoms with Crippen LogP contribution in [0.2, 0.25) is 0 Å². The number of oxazole rings is 1. The maximum Gasteiger partial charge on any atom is 0.304 e. The van der Waals surface area contributed by atoms with Crippen LogP contribution in [0.15, 0.2) is 10.7 Å². The maximum absolute atomic E-state index is 10.9. The number of halogens is 2. The van der Waals surface area contributed by atoms with Gasteiger partial charge in [0.2, 0.25) is 0 Å². The molecule has 60 valence electrons. The second kappa shape index (κ2) is 4.09. The van der Waals surface area contributed by atoms with Crippen LogP contribution in [0.3, 0.4) is 0 Å². The zero-order chi connectivity index (χ0) is 8.27. The van der Waals surface area contributed by atoms with Crippen molar-refractivity contribution in [3.05, 3.63) is 12.0 Å². The Hall–Kier alpha value is -0.0600. The summed E-state index contributed by atoms with van der Waals surface area (Å²) < 4.78 is 9.88. The minimum Gasteiger partial charge on any atom is -0.431 e. The molecule has 0 radical (unpaired) electrons. The first-order chi connectivity index (χ1) is 5.27. The molecule has 1 aromatic rings. The molecule has 5 nitrogen and oxygen atoms in total. The van der Waals surface area contributed by atoms with E-state index in [9.17, 15) is 4.79 Å². The number of hydrogen-bond acceptors (Lipinski definition) is 4. The van der Waals surface area contributed by atoms with Crippen LogP contribution >= 0.6 is 45.7 Å². The fourth-order valence-electron chi connectivity index (χ4n) is 0.470. The van der Waals surface area contributed by atoms with Crippen LogP contribution in [0.25, 0.3) is 0 Å². The van der Waals surface area contributed by atoms with Crippen LogP contribution in [0, 0.1) is 0 Å². The summed E-state index contributed by atoms with van der Waals surface area (Å²) in [5.41, 5.74) is 0.263. The molecule has 1 aromatic heterocycles. The molecule has 7 heteroatoms. The maximum atomic E-state index is 10.9. The molecular weight excluding hydrogens is 376 g/mol. The van der Waals surface area contributed by atoms with Crippen molar-refractivity contribution in [2.75, 3.05) is 3.53 Å². The van der Waals surface area contributed by atoms with Crippen molar-refractivity contribution in [2.24, 2.45) is 0 Å². The van der Waals surface area contributed by atoms with Crippen molar-refractivity contribution < 1.29 is 9.21 Å². The van der Waals surface area contributed by atoms with Gasteiger partial charge in [-0.3, -0.25) is 11.9 Å². The van der Waals surface area contributed by atoms with E-state index in [0.717, 1.165) is 0 Å². The summed E-state index contributed by atoms with van der Waals surface area (Å²) >= 11 is 3.60. The Bertz CT molecular complexity index is 262. The van der Waals surface area contributed by atoms with Gasteiger partial charge in [0, 0.05) is 0 Å². The van der Waals surface area contributed by atoms with Crippen LogP contribution in [-0.4, -0.2) is 10.9 Å². The minimum absolute atomic E-state index is 0.263. The second-order valence-corrected chi connectivity index (χ2v) is 2.63. The quantitative estimate of drug-likeness (QED) is 0.605. The molecule has 0 aliphatic carbocycles. The van der Waals surface area contributed by atoms with Crippen LogP contribution in [0.5, 0.6) is 0 Å². The number of carbonyl (C=O) groups excluding carboxylic acids is 1. The fraction of sp³-hybridized carbons (Fsp3) is 0. The highest BCUT2D eigenvalue weighted by Crippen LogP contribution is 2.08. The fourth-order valence-corrected chi connectivity index (χ4v) is 0.994. The summed E-state index contributed by atoms with van der Waals surface area (Å²) in [4.78, 5) is 14.7. The van der Waals surface area contributed by atoms with E-state index in [2.05, 4.69) is 12.0 Å². The van der Waals surface area contributed by atoms with Gasteiger partial charge in [0.1, 0.15) is 6.26 Å². The first-order valence-electron chi connectivity index (χ1n) is 2.51. The zero-order valence-corrected chi connectivity index (χ0v) is 9.41. The molecule has 0 saturated heterocycles. The number of aromatic nitrogens is 1. The van der Waals surface area contributed by atoms with E-state index in [-0.39, 0.29) is 11.6 Å². The number of nitrogens with one attached hydrogen (secondary N) is 2. The van der Waals surface area contributed by atoms with Gasteiger partial charge in [0.05, 0.1) is 45.7 Å². The van der Waals surface area contributed by atoms with Crippen LogP contribution in [0.4, 0.5) is 6.01 Å². The normalized spacial score (nSPS) is 9.27. The van der Waals surface area contributed by atoms with Gasteiger partial charge >= 0.3 is 6.01 Å². The van der Waals surface area contributed by atoms with E-state index in [1.807, 2.05) is 22.9 Å². The van der Waals surface area contributed by atoms with Gasteiger partial charge in [0.25, 0.3) is 5.91 Å². The molecule has 0 bridgehead atoms. The molecule has 11 heavy (non-hydrogen) atoms. The number of rotatable bonds is 2. The summed E-state index contributed by atoms with van der Waals surface area (Å²) in [6.45, 7) is 0. The van der Waals surface area contributed by atoms with Crippen molar-refractivity contribution in [3.8, 4) is 0 Å². The van der Waals surface area contributed by atoms with Gasteiger partial charge < -0.3 is 4.42 Å². The van der Waals surface area contributed by atoms with Gasteiger partial charge in [0.15, 0.2) is 5.69 Å². The standard InChI is InChI=1S/C4H3I2N3O2/c5-8-3(10)2-1-11-4(7-2)9-6/h1H,(H,7,9)(H,8,10). The molecule has 0 spiro atoms. The Balaban J connectivity index is 2.80. The molecule has 0 atom stereocenters. The van der Waals surface area contributed by atoms with E-state index < -0.39 is 0 Å². The monoisotopic (exact) mass is 379 g/mol. The predicted molar refractivity (Wildman–Crippen MR) is 55.6 cm³/mol. The summed E-state index contributed by atoms with van der Waals surface area (Å²) in [5.74, 6) is -0.271. The van der Waals surface area contributed by atoms with E-state index in [1.54, 1.807) is 22.9 Å². The summed E-state index contributed by atoms with van der Waals surface area (Å²) in [6.07, 6.45) is 1.29. The van der Waals surface area contributed by atoms with Gasteiger partial charge in [-0.1, -0.05) is 0 Å². The van der Waals surface area contributed by atoms with Crippen molar-refractivity contribution >= 4 is 57.7 Å². The molecule has 0 unspecified atom stereocenters. The number of anilines is 1. The van der Waals surface area contributed by atoms with E-state index in [0.29, 0.717) is 6.01 Å². The minimum atomic E-state index is -0.271. The lowest BCUT2D eigenvalue weighted by Crippen LogP contribution is -2.11. The Labute approximate surface area is 90.3 Å². The highest BCUT2D eigenvalue weighted by molar-refractivity contribution is 14.1. The molecule has 0 aliphatic rings. The zero-order valence-electron chi connectivity index (χ0n) is 5.10. The van der Waals surface area contributed by atoms with E-state index in [4.69, 9.17) is 4.42 Å². The first kappa shape index (κ1) is 9.03. The second-order valence-electron chi connectivity index (χ2n) is 1.56. The third-order valence-corrected chi connectivity index (χ3v) is 1.85. The van der Waals surface area contributed by atoms with Gasteiger partial charge in [-0.2, -0.15) is 4.98 Å². The number of nitrogens with zero attached hydrogens (tertiary/aromatic N) is 1. The molecule has 0 aliphatic heterocycles. The molecule has 1 heterocycles. The molecule has 0 fully saturated rings. The highest BCUT2D eigenvalue weighted by Gasteiger charge is 2.09. The molecule has 2 N–H and O–H groups in total. The van der Waals surface area contributed by atoms with Crippen LogP contribution in [0.1, 0.15) is 10.5 Å². The van der Waals surface area contributed by atoms with Gasteiger partial charge in [-0.25, -0.2) is 0 Å². The first-order valence-corrected chi connectivity index (χ1v) is 4.67. The summed E-state index contributed by atoms with van der Waals surface area (Å²) in [6, 6.07) is 0.320. The third kappa shape index (κ3) is 2.18. The number of carbonyl (C=O) groups is 1. The van der Waals surface area contributed by atoms with Gasteiger partial charge in [-0.15, -0.1) is 0 Å². The lowest BCUT2D eigenvalue weighted by atomic mass is 10.5. The van der Waals surface area contributed by atoms with Crippen molar-refractivity contribution in [1.29, 1.82) is 0 Å². The molecule has 0 aromatic carbocycles. The average Bonchev–Trinajstić information content (AvgIpc) is 2.50. The Morgan fingerprint density at radius 2 is 2.36 bits per heavy atom. The van der Waals surface area contributed by atoms with E-state index in [1.165, 1.54) is 6.26 Å².